The molecule has 10 nitrogen and oxygen atoms in total. The standard InChI is InChI=1S/C26H35BN4O6/c1-16(2)13-22(27-31(14-23(33)37-27)17(3)15-36-27)29-26(35)24(18(4)32)30-25(34)21-12-8-11-20(28-21)19-9-6-5-7-10-19/h5-12,16-18,22,24,31-32H,13-15H2,1-4H3,(H,29,35)(H,30,34)/t17-,18-,22+,24+,27?/m1/s1. The largest absolute Gasteiger partial charge is 0.610 e. The zero-order valence-corrected chi connectivity index (χ0v) is 21.6. The fraction of sp³-hybridized carbons (Fsp3) is 0.462. The number of benzene rings is 1. The van der Waals surface area contributed by atoms with Gasteiger partial charge < -0.3 is 29.9 Å². The van der Waals surface area contributed by atoms with E-state index in [0.717, 1.165) is 10.4 Å². The summed E-state index contributed by atoms with van der Waals surface area (Å²) in [6.45, 7) is 5.82. The Morgan fingerprint density at radius 1 is 1.14 bits per heavy atom. The first-order valence-electron chi connectivity index (χ1n) is 12.8. The zero-order valence-electron chi connectivity index (χ0n) is 21.6. The number of carbonyl (C=O) groups is 3. The lowest BCUT2D eigenvalue weighted by Crippen LogP contribution is -3.24. The third-order valence-electron chi connectivity index (χ3n) is 7.08. The highest BCUT2D eigenvalue weighted by Crippen LogP contribution is 2.22. The number of pyridine rings is 1. The Kier molecular flexibility index (Phi) is 7.96. The van der Waals surface area contributed by atoms with E-state index in [1.807, 2.05) is 51.1 Å². The number of fused-ring (bicyclic) bond motifs is 1. The highest BCUT2D eigenvalue weighted by Gasteiger charge is 2.62. The number of carbonyl (C=O) groups excluding carboxylic acids is 3. The number of aliphatic hydroxyl groups is 1. The summed E-state index contributed by atoms with van der Waals surface area (Å²) in [5.74, 6) is -2.00. The van der Waals surface area contributed by atoms with Gasteiger partial charge in [-0.2, -0.15) is 0 Å². The first-order chi connectivity index (χ1) is 17.6. The molecule has 2 fully saturated rings. The number of hydrogen-bond donors (Lipinski definition) is 4. The Balaban J connectivity index is 1.53. The van der Waals surface area contributed by atoms with Crippen molar-refractivity contribution in [2.75, 3.05) is 13.2 Å². The molecule has 2 unspecified atom stereocenters. The van der Waals surface area contributed by atoms with Gasteiger partial charge in [-0.3, -0.25) is 14.4 Å². The van der Waals surface area contributed by atoms with Gasteiger partial charge in [-0.25, -0.2) is 4.98 Å². The van der Waals surface area contributed by atoms with Crippen molar-refractivity contribution in [3.63, 3.8) is 0 Å². The van der Waals surface area contributed by atoms with Crippen molar-refractivity contribution in [1.82, 2.24) is 15.6 Å². The summed E-state index contributed by atoms with van der Waals surface area (Å²) in [6, 6.07) is 13.3. The molecule has 0 saturated carbocycles. The van der Waals surface area contributed by atoms with Gasteiger partial charge in [0.25, 0.3) is 5.91 Å². The van der Waals surface area contributed by atoms with Crippen molar-refractivity contribution in [1.29, 1.82) is 0 Å². The van der Waals surface area contributed by atoms with Crippen LogP contribution in [0.5, 0.6) is 0 Å². The average molecular weight is 510 g/mol. The third-order valence-corrected chi connectivity index (χ3v) is 7.08. The van der Waals surface area contributed by atoms with Gasteiger partial charge in [0.05, 0.1) is 24.4 Å². The number of rotatable bonds is 9. The van der Waals surface area contributed by atoms with Crippen molar-refractivity contribution in [3.05, 3.63) is 54.2 Å². The summed E-state index contributed by atoms with van der Waals surface area (Å²) in [4.78, 5) is 44.0. The monoisotopic (exact) mass is 510 g/mol. The molecule has 1 aromatic carbocycles. The number of nitrogens with one attached hydrogen (secondary N) is 3. The van der Waals surface area contributed by atoms with Crippen molar-refractivity contribution in [3.8, 4) is 11.3 Å². The van der Waals surface area contributed by atoms with Crippen molar-refractivity contribution in [2.24, 2.45) is 5.92 Å². The van der Waals surface area contributed by atoms with Crippen molar-refractivity contribution >= 4 is 24.5 Å². The van der Waals surface area contributed by atoms with Gasteiger partial charge in [0.15, 0.2) is 0 Å². The molecule has 0 radical (unpaired) electrons. The van der Waals surface area contributed by atoms with E-state index in [2.05, 4.69) is 15.6 Å². The van der Waals surface area contributed by atoms with Crippen LogP contribution in [0.25, 0.3) is 11.3 Å². The van der Waals surface area contributed by atoms with Crippen molar-refractivity contribution in [2.45, 2.75) is 58.2 Å². The summed E-state index contributed by atoms with van der Waals surface area (Å²) >= 11 is 0. The molecule has 0 bridgehead atoms. The molecule has 11 heteroatoms. The van der Waals surface area contributed by atoms with E-state index in [1.54, 1.807) is 18.2 Å². The van der Waals surface area contributed by atoms with Crippen LogP contribution >= 0.6 is 0 Å². The molecule has 3 heterocycles. The minimum atomic E-state index is -2.17. The number of nitrogens with zero attached hydrogens (tertiary/aromatic N) is 1. The molecule has 2 aromatic rings. The number of quaternary nitrogens is 1. The second-order valence-electron chi connectivity index (χ2n) is 10.5. The molecule has 2 saturated heterocycles. The van der Waals surface area contributed by atoms with Gasteiger partial charge in [0, 0.05) is 11.5 Å². The predicted octanol–water partition coefficient (Wildman–Crippen LogP) is 0.0972. The lowest BCUT2D eigenvalue weighted by Gasteiger charge is -2.40. The van der Waals surface area contributed by atoms with Crippen LogP contribution in [0, 0.1) is 5.92 Å². The van der Waals surface area contributed by atoms with E-state index in [9.17, 15) is 19.5 Å². The predicted molar refractivity (Wildman–Crippen MR) is 137 cm³/mol. The van der Waals surface area contributed by atoms with Crippen molar-refractivity contribution < 1.29 is 33.6 Å². The second-order valence-corrected chi connectivity index (χ2v) is 10.5. The van der Waals surface area contributed by atoms with E-state index >= 15 is 0 Å². The molecular weight excluding hydrogens is 475 g/mol. The molecule has 2 aliphatic rings. The summed E-state index contributed by atoms with van der Waals surface area (Å²) in [7, 11) is 0. The number of hydrogen-bond acceptors (Lipinski definition) is 7. The zero-order chi connectivity index (χ0) is 26.7. The maximum absolute atomic E-state index is 13.4. The normalized spacial score (nSPS) is 25.2. The van der Waals surface area contributed by atoms with Crippen LogP contribution in [0.4, 0.5) is 0 Å². The summed E-state index contributed by atoms with van der Waals surface area (Å²) in [5, 5.41) is 16.0. The molecule has 2 aliphatic heterocycles. The number of aliphatic hydroxyl groups excluding tert-OH is 1. The summed E-state index contributed by atoms with van der Waals surface area (Å²) in [5.41, 5.74) is 1.59. The summed E-state index contributed by atoms with van der Waals surface area (Å²) < 4.78 is 11.8. The Hall–Kier alpha value is -3.28. The highest BCUT2D eigenvalue weighted by molar-refractivity contribution is 6.64. The second kappa shape index (κ2) is 11.0. The molecule has 0 spiro atoms. The molecule has 1 aromatic heterocycles. The van der Waals surface area contributed by atoms with Crippen LogP contribution in [0.1, 0.15) is 44.6 Å². The van der Waals surface area contributed by atoms with E-state index in [0.29, 0.717) is 18.7 Å². The Morgan fingerprint density at radius 3 is 2.54 bits per heavy atom. The van der Waals surface area contributed by atoms with Gasteiger partial charge in [-0.05, 0) is 31.9 Å². The van der Waals surface area contributed by atoms with Crippen LogP contribution in [0.2, 0.25) is 0 Å². The van der Waals surface area contributed by atoms with E-state index in [-0.39, 0.29) is 30.2 Å². The fourth-order valence-electron chi connectivity index (χ4n) is 5.26. The number of aromatic nitrogens is 1. The minimum Gasteiger partial charge on any atom is -0.610 e. The Labute approximate surface area is 216 Å². The van der Waals surface area contributed by atoms with Gasteiger partial charge in [-0.15, -0.1) is 0 Å². The maximum Gasteiger partial charge on any atom is 0.548 e. The average Bonchev–Trinajstić information content (AvgIpc) is 3.37. The fourth-order valence-corrected chi connectivity index (χ4v) is 5.26. The Morgan fingerprint density at radius 2 is 1.86 bits per heavy atom. The molecule has 37 heavy (non-hydrogen) atoms. The highest BCUT2D eigenvalue weighted by atomic mass is 16.7. The van der Waals surface area contributed by atoms with Gasteiger partial charge in [-0.1, -0.05) is 56.7 Å². The molecule has 4 rings (SSSR count). The lowest BCUT2D eigenvalue weighted by molar-refractivity contribution is -0.807. The minimum absolute atomic E-state index is 0.0354. The molecule has 4 N–H and O–H groups in total. The first kappa shape index (κ1) is 26.8. The topological polar surface area (TPSA) is 131 Å². The lowest BCUT2D eigenvalue weighted by atomic mass is 9.59. The van der Waals surface area contributed by atoms with Crippen LogP contribution in [0.15, 0.2) is 48.5 Å². The molecule has 198 valence electrons. The molecular formula is C26H35BN4O6. The first-order valence-corrected chi connectivity index (χ1v) is 12.8. The van der Waals surface area contributed by atoms with Crippen LogP contribution in [0.3, 0.4) is 0 Å². The van der Waals surface area contributed by atoms with Gasteiger partial charge >= 0.3 is 12.7 Å². The quantitative estimate of drug-likeness (QED) is 0.352. The van der Waals surface area contributed by atoms with Crippen LogP contribution < -0.4 is 15.4 Å². The number of amides is 2. The molecule has 2 amide bonds. The molecule has 6 atom stereocenters. The molecule has 0 aliphatic carbocycles. The summed E-state index contributed by atoms with van der Waals surface area (Å²) in [6.07, 6.45) is -0.694. The van der Waals surface area contributed by atoms with Gasteiger partial charge in [0.2, 0.25) is 5.91 Å². The van der Waals surface area contributed by atoms with E-state index < -0.39 is 36.6 Å². The smallest absolute Gasteiger partial charge is 0.548 e. The van der Waals surface area contributed by atoms with E-state index in [1.165, 1.54) is 6.92 Å². The van der Waals surface area contributed by atoms with Crippen LogP contribution in [-0.4, -0.2) is 71.8 Å². The van der Waals surface area contributed by atoms with Gasteiger partial charge in [0.1, 0.15) is 18.3 Å². The van der Waals surface area contributed by atoms with E-state index in [4.69, 9.17) is 9.31 Å². The van der Waals surface area contributed by atoms with Crippen LogP contribution in [-0.2, 0) is 18.9 Å². The Bertz CT molecular complexity index is 1150. The maximum atomic E-state index is 13.4. The SMILES string of the molecule is CC(C)C[C@H](NC(=O)[C@@H](NC(=O)c1cccc(-c2ccccc2)n1)[C@@H](C)O)[B-]12OC[C@@H](C)[NH+]1CC(=O)O2. The third kappa shape index (κ3) is 5.68.